The topological polar surface area (TPSA) is 61.0 Å². The highest BCUT2D eigenvalue weighted by atomic mass is 19.1. The lowest BCUT2D eigenvalue weighted by atomic mass is 10.1. The Morgan fingerprint density at radius 1 is 1.14 bits per heavy atom. The van der Waals surface area contributed by atoms with E-state index in [0.717, 1.165) is 28.2 Å². The molecule has 0 saturated carbocycles. The highest BCUT2D eigenvalue weighted by Crippen LogP contribution is 2.25. The lowest BCUT2D eigenvalue weighted by Gasteiger charge is -2.06. The molecule has 0 amide bonds. The Kier molecular flexibility index (Phi) is 2.94. The highest BCUT2D eigenvalue weighted by molar-refractivity contribution is 5.79. The quantitative estimate of drug-likeness (QED) is 0.533. The van der Waals surface area contributed by atoms with E-state index in [-0.39, 0.29) is 5.69 Å². The average Bonchev–Trinajstić information content (AvgIpc) is 2.81. The molecule has 0 unspecified atom stereocenters. The molecule has 0 fully saturated rings. The van der Waals surface area contributed by atoms with Gasteiger partial charge < -0.3 is 0 Å². The summed E-state index contributed by atoms with van der Waals surface area (Å²) in [5, 5.41) is 10.9. The van der Waals surface area contributed by atoms with Crippen molar-refractivity contribution in [1.82, 2.24) is 9.55 Å². The third-order valence-corrected chi connectivity index (χ3v) is 3.52. The third kappa shape index (κ3) is 2.24. The van der Waals surface area contributed by atoms with E-state index < -0.39 is 10.7 Å². The Morgan fingerprint density at radius 3 is 2.57 bits per heavy atom. The summed E-state index contributed by atoms with van der Waals surface area (Å²) >= 11 is 0. The zero-order valence-electron chi connectivity index (χ0n) is 11.5. The number of nitro benzene ring substituents is 1. The molecule has 0 aliphatic heterocycles. The molecule has 3 rings (SSSR count). The van der Waals surface area contributed by atoms with Crippen LogP contribution in [0.3, 0.4) is 0 Å². The molecule has 106 valence electrons. The summed E-state index contributed by atoms with van der Waals surface area (Å²) in [5.74, 6) is -0.648. The minimum Gasteiger partial charge on any atom is -0.298 e. The molecular formula is C15H12FN3O2. The Morgan fingerprint density at radius 2 is 1.86 bits per heavy atom. The summed E-state index contributed by atoms with van der Waals surface area (Å²) in [5.41, 5.74) is 3.85. The molecule has 0 bridgehead atoms. The fourth-order valence-corrected chi connectivity index (χ4v) is 2.27. The van der Waals surface area contributed by atoms with Gasteiger partial charge in [0.1, 0.15) is 12.1 Å². The summed E-state index contributed by atoms with van der Waals surface area (Å²) in [4.78, 5) is 14.5. The second-order valence-electron chi connectivity index (χ2n) is 4.96. The van der Waals surface area contributed by atoms with Crippen molar-refractivity contribution in [3.05, 3.63) is 63.7 Å². The van der Waals surface area contributed by atoms with Crippen LogP contribution in [0.1, 0.15) is 11.1 Å². The van der Waals surface area contributed by atoms with Crippen molar-refractivity contribution in [2.45, 2.75) is 13.8 Å². The van der Waals surface area contributed by atoms with Crippen LogP contribution in [-0.2, 0) is 0 Å². The molecule has 6 heteroatoms. The number of non-ortho nitro benzene ring substituents is 1. The molecule has 5 nitrogen and oxygen atoms in total. The van der Waals surface area contributed by atoms with E-state index in [0.29, 0.717) is 5.69 Å². The number of rotatable bonds is 2. The van der Waals surface area contributed by atoms with Crippen molar-refractivity contribution in [2.24, 2.45) is 0 Å². The first-order chi connectivity index (χ1) is 9.95. The van der Waals surface area contributed by atoms with Gasteiger partial charge in [-0.2, -0.15) is 0 Å². The molecule has 1 aromatic heterocycles. The third-order valence-electron chi connectivity index (χ3n) is 3.52. The van der Waals surface area contributed by atoms with E-state index in [9.17, 15) is 14.5 Å². The molecule has 3 aromatic rings. The van der Waals surface area contributed by atoms with Gasteiger partial charge in [0.2, 0.25) is 0 Å². The summed E-state index contributed by atoms with van der Waals surface area (Å²) in [7, 11) is 0. The van der Waals surface area contributed by atoms with Crippen molar-refractivity contribution >= 4 is 16.7 Å². The van der Waals surface area contributed by atoms with Crippen molar-refractivity contribution < 1.29 is 9.31 Å². The monoisotopic (exact) mass is 285 g/mol. The largest absolute Gasteiger partial charge is 0.298 e. The number of aryl methyl sites for hydroxylation is 2. The number of hydrogen-bond acceptors (Lipinski definition) is 3. The first kappa shape index (κ1) is 13.2. The predicted molar refractivity (Wildman–Crippen MR) is 77.2 cm³/mol. The lowest BCUT2D eigenvalue weighted by Crippen LogP contribution is -1.97. The fraction of sp³-hybridized carbons (Fsp3) is 0.133. The first-order valence-electron chi connectivity index (χ1n) is 6.35. The maximum absolute atomic E-state index is 13.6. The molecule has 0 aliphatic carbocycles. The summed E-state index contributed by atoms with van der Waals surface area (Å²) in [6, 6.07) is 7.37. The van der Waals surface area contributed by atoms with Gasteiger partial charge in [0.15, 0.2) is 0 Å². The molecule has 0 N–H and O–H groups in total. The van der Waals surface area contributed by atoms with E-state index in [1.54, 1.807) is 10.9 Å². The van der Waals surface area contributed by atoms with Crippen LogP contribution < -0.4 is 0 Å². The SMILES string of the molecule is Cc1cc2ncn(-c3cc(F)cc([N+](=O)[O-])c3)c2cc1C. The normalized spacial score (nSPS) is 11.0. The van der Waals surface area contributed by atoms with Crippen LogP contribution in [0.25, 0.3) is 16.7 Å². The zero-order valence-corrected chi connectivity index (χ0v) is 11.5. The van der Waals surface area contributed by atoms with E-state index in [1.807, 2.05) is 26.0 Å². The van der Waals surface area contributed by atoms with Crippen molar-refractivity contribution in [3.8, 4) is 5.69 Å². The molecule has 0 saturated heterocycles. The summed E-state index contributed by atoms with van der Waals surface area (Å²) in [6.45, 7) is 3.96. The van der Waals surface area contributed by atoms with Gasteiger partial charge >= 0.3 is 0 Å². The Bertz CT molecular complexity index is 871. The molecular weight excluding hydrogens is 273 g/mol. The molecule has 0 radical (unpaired) electrons. The lowest BCUT2D eigenvalue weighted by molar-refractivity contribution is -0.385. The second kappa shape index (κ2) is 4.66. The summed E-state index contributed by atoms with van der Waals surface area (Å²) in [6.07, 6.45) is 1.54. The number of benzene rings is 2. The van der Waals surface area contributed by atoms with Crippen LogP contribution in [0.15, 0.2) is 36.7 Å². The van der Waals surface area contributed by atoms with Crippen molar-refractivity contribution in [2.75, 3.05) is 0 Å². The van der Waals surface area contributed by atoms with Gasteiger partial charge in [-0.1, -0.05) is 0 Å². The predicted octanol–water partition coefficient (Wildman–Crippen LogP) is 3.69. The summed E-state index contributed by atoms with van der Waals surface area (Å²) < 4.78 is 15.2. The highest BCUT2D eigenvalue weighted by Gasteiger charge is 2.13. The minimum absolute atomic E-state index is 0.282. The van der Waals surface area contributed by atoms with Crippen LogP contribution in [0, 0.1) is 29.8 Å². The van der Waals surface area contributed by atoms with Crippen LogP contribution in [-0.4, -0.2) is 14.5 Å². The molecule has 2 aromatic carbocycles. The second-order valence-corrected chi connectivity index (χ2v) is 4.96. The van der Waals surface area contributed by atoms with Gasteiger partial charge in [-0.3, -0.25) is 14.7 Å². The average molecular weight is 285 g/mol. The number of halogens is 1. The van der Waals surface area contributed by atoms with Crippen molar-refractivity contribution in [1.29, 1.82) is 0 Å². The number of nitro groups is 1. The Balaban J connectivity index is 2.25. The van der Waals surface area contributed by atoms with E-state index >= 15 is 0 Å². The van der Waals surface area contributed by atoms with Crippen LogP contribution in [0.4, 0.5) is 10.1 Å². The van der Waals surface area contributed by atoms with Gasteiger partial charge in [0.25, 0.3) is 5.69 Å². The standard InChI is InChI=1S/C15H12FN3O2/c1-9-3-14-15(4-10(9)2)18(8-17-14)12-5-11(16)6-13(7-12)19(20)21/h3-8H,1-2H3. The van der Waals surface area contributed by atoms with E-state index in [1.165, 1.54) is 12.1 Å². The Labute approximate surface area is 119 Å². The zero-order chi connectivity index (χ0) is 15.1. The van der Waals surface area contributed by atoms with Gasteiger partial charge in [-0.25, -0.2) is 9.37 Å². The maximum atomic E-state index is 13.6. The van der Waals surface area contributed by atoms with Gasteiger partial charge in [-0.15, -0.1) is 0 Å². The minimum atomic E-state index is -0.648. The molecule has 21 heavy (non-hydrogen) atoms. The number of hydrogen-bond donors (Lipinski definition) is 0. The first-order valence-corrected chi connectivity index (χ1v) is 6.35. The molecule has 0 spiro atoms. The maximum Gasteiger partial charge on any atom is 0.274 e. The van der Waals surface area contributed by atoms with Crippen LogP contribution >= 0.6 is 0 Å². The van der Waals surface area contributed by atoms with Gasteiger partial charge in [0.05, 0.1) is 27.7 Å². The van der Waals surface area contributed by atoms with E-state index in [2.05, 4.69) is 4.98 Å². The van der Waals surface area contributed by atoms with Crippen molar-refractivity contribution in [3.63, 3.8) is 0 Å². The number of fused-ring (bicyclic) bond motifs is 1. The van der Waals surface area contributed by atoms with E-state index in [4.69, 9.17) is 0 Å². The molecule has 0 atom stereocenters. The van der Waals surface area contributed by atoms with Crippen LogP contribution in [0.5, 0.6) is 0 Å². The fourth-order valence-electron chi connectivity index (χ4n) is 2.27. The smallest absolute Gasteiger partial charge is 0.274 e. The Hall–Kier alpha value is -2.76. The van der Waals surface area contributed by atoms with Gasteiger partial charge in [0, 0.05) is 6.07 Å². The number of aromatic nitrogens is 2. The number of imidazole rings is 1. The van der Waals surface area contributed by atoms with Crippen LogP contribution in [0.2, 0.25) is 0 Å². The van der Waals surface area contributed by atoms with Gasteiger partial charge in [-0.05, 0) is 43.2 Å². The molecule has 0 aliphatic rings. The molecule has 1 heterocycles. The number of nitrogens with zero attached hydrogens (tertiary/aromatic N) is 3.